The highest BCUT2D eigenvalue weighted by Crippen LogP contribution is 2.31. The molecule has 11 heteroatoms. The molecule has 2 aliphatic rings. The first-order chi connectivity index (χ1) is 15.7. The highest BCUT2D eigenvalue weighted by atomic mass is 32.2. The Kier molecular flexibility index (Phi) is 7.10. The lowest BCUT2D eigenvalue weighted by molar-refractivity contribution is -0.137. The van der Waals surface area contributed by atoms with E-state index in [0.29, 0.717) is 31.8 Å². The van der Waals surface area contributed by atoms with E-state index < -0.39 is 21.8 Å². The van der Waals surface area contributed by atoms with E-state index in [4.69, 9.17) is 4.74 Å². The first kappa shape index (κ1) is 23.8. The van der Waals surface area contributed by atoms with Crippen LogP contribution >= 0.6 is 0 Å². The molecule has 2 N–H and O–H groups in total. The van der Waals surface area contributed by atoms with E-state index in [1.54, 1.807) is 6.07 Å². The summed E-state index contributed by atoms with van der Waals surface area (Å²) in [5, 5.41) is 3.20. The summed E-state index contributed by atoms with van der Waals surface area (Å²) in [5.74, 6) is 0.351. The average molecular weight is 485 g/mol. The number of alkyl halides is 3. The van der Waals surface area contributed by atoms with E-state index in [1.807, 2.05) is 4.90 Å². The summed E-state index contributed by atoms with van der Waals surface area (Å²) in [6, 6.07) is 8.13. The number of pyridine rings is 1. The Labute approximate surface area is 191 Å². The number of benzene rings is 1. The van der Waals surface area contributed by atoms with Gasteiger partial charge in [0.25, 0.3) is 0 Å². The van der Waals surface area contributed by atoms with Crippen molar-refractivity contribution in [2.75, 3.05) is 31.1 Å². The van der Waals surface area contributed by atoms with Crippen molar-refractivity contribution in [3.05, 3.63) is 48.2 Å². The summed E-state index contributed by atoms with van der Waals surface area (Å²) < 4.78 is 72.0. The van der Waals surface area contributed by atoms with Crippen molar-refractivity contribution in [2.24, 2.45) is 0 Å². The summed E-state index contributed by atoms with van der Waals surface area (Å²) in [6.45, 7) is 2.86. The zero-order valence-corrected chi connectivity index (χ0v) is 18.8. The molecule has 1 aromatic carbocycles. The van der Waals surface area contributed by atoms with Gasteiger partial charge in [-0.3, -0.25) is 0 Å². The lowest BCUT2D eigenvalue weighted by Gasteiger charge is -2.33. The SMILES string of the molecule is O=S(=O)(NC1CCNCC1)c1ccc(OC2CCN(c3ccc(C(F)(F)F)cc3)CC2)nc1. The molecule has 0 bridgehead atoms. The fraction of sp³-hybridized carbons (Fsp3) is 0.500. The Balaban J connectivity index is 1.29. The van der Waals surface area contributed by atoms with Gasteiger partial charge in [0.2, 0.25) is 15.9 Å². The first-order valence-electron chi connectivity index (χ1n) is 11.0. The highest BCUT2D eigenvalue weighted by molar-refractivity contribution is 7.89. The third-order valence-corrected chi connectivity index (χ3v) is 7.48. The van der Waals surface area contributed by atoms with Gasteiger partial charge in [-0.25, -0.2) is 18.1 Å². The number of halogens is 3. The maximum absolute atomic E-state index is 12.7. The van der Waals surface area contributed by atoms with Crippen molar-refractivity contribution in [2.45, 2.75) is 48.9 Å². The van der Waals surface area contributed by atoms with Crippen LogP contribution in [-0.4, -0.2) is 51.7 Å². The minimum Gasteiger partial charge on any atom is -0.474 e. The normalized spacial score (nSPS) is 18.9. The second-order valence-electron chi connectivity index (χ2n) is 8.33. The predicted octanol–water partition coefficient (Wildman–Crippen LogP) is 3.18. The van der Waals surface area contributed by atoms with Gasteiger partial charge in [-0.1, -0.05) is 0 Å². The Morgan fingerprint density at radius 2 is 1.67 bits per heavy atom. The van der Waals surface area contributed by atoms with E-state index in [2.05, 4.69) is 15.0 Å². The van der Waals surface area contributed by atoms with Crippen LogP contribution in [0.3, 0.4) is 0 Å². The standard InChI is InChI=1S/C22H27F3N4O3S/c23-22(24,25)16-1-3-18(4-2-16)29-13-9-19(10-14-29)32-21-6-5-20(15-27-21)33(30,31)28-17-7-11-26-12-8-17/h1-6,15,17,19,26,28H,7-14H2. The summed E-state index contributed by atoms with van der Waals surface area (Å²) in [5.41, 5.74) is 0.0855. The molecular weight excluding hydrogens is 457 g/mol. The second kappa shape index (κ2) is 9.86. The molecule has 33 heavy (non-hydrogen) atoms. The number of hydrogen-bond donors (Lipinski definition) is 2. The monoisotopic (exact) mass is 484 g/mol. The molecule has 2 saturated heterocycles. The molecule has 0 saturated carbocycles. The topological polar surface area (TPSA) is 83.6 Å². The van der Waals surface area contributed by atoms with Gasteiger partial charge in [0.05, 0.1) is 11.8 Å². The fourth-order valence-corrected chi connectivity index (χ4v) is 5.34. The van der Waals surface area contributed by atoms with Crippen LogP contribution in [0.25, 0.3) is 0 Å². The van der Waals surface area contributed by atoms with Crippen LogP contribution in [0, 0.1) is 0 Å². The molecule has 0 atom stereocenters. The van der Waals surface area contributed by atoms with E-state index in [1.165, 1.54) is 24.4 Å². The summed E-state index contributed by atoms with van der Waals surface area (Å²) >= 11 is 0. The molecule has 0 amide bonds. The Morgan fingerprint density at radius 3 is 2.24 bits per heavy atom. The number of nitrogens with zero attached hydrogens (tertiary/aromatic N) is 2. The van der Waals surface area contributed by atoms with Crippen molar-refractivity contribution >= 4 is 15.7 Å². The Morgan fingerprint density at radius 1 is 1.00 bits per heavy atom. The number of hydrogen-bond acceptors (Lipinski definition) is 6. The highest BCUT2D eigenvalue weighted by Gasteiger charge is 2.30. The van der Waals surface area contributed by atoms with Crippen molar-refractivity contribution in [3.8, 4) is 5.88 Å². The zero-order valence-electron chi connectivity index (χ0n) is 18.0. The molecule has 180 valence electrons. The molecule has 0 spiro atoms. The quantitative estimate of drug-likeness (QED) is 0.656. The van der Waals surface area contributed by atoms with E-state index in [9.17, 15) is 21.6 Å². The smallest absolute Gasteiger partial charge is 0.416 e. The summed E-state index contributed by atoms with van der Waals surface area (Å²) in [6.07, 6.45) is -0.280. The van der Waals surface area contributed by atoms with E-state index in [0.717, 1.165) is 43.8 Å². The van der Waals surface area contributed by atoms with Gasteiger partial charge in [-0.15, -0.1) is 0 Å². The lowest BCUT2D eigenvalue weighted by Crippen LogP contribution is -2.42. The Bertz CT molecular complexity index is 1020. The van der Waals surface area contributed by atoms with Crippen LogP contribution in [0.1, 0.15) is 31.2 Å². The lowest BCUT2D eigenvalue weighted by atomic mass is 10.1. The van der Waals surface area contributed by atoms with Crippen LogP contribution in [0.5, 0.6) is 5.88 Å². The van der Waals surface area contributed by atoms with Crippen LogP contribution in [0.15, 0.2) is 47.5 Å². The summed E-state index contributed by atoms with van der Waals surface area (Å²) in [4.78, 5) is 6.29. The zero-order chi connectivity index (χ0) is 23.5. The molecule has 2 aromatic rings. The number of rotatable bonds is 6. The number of ether oxygens (including phenoxy) is 1. The second-order valence-corrected chi connectivity index (χ2v) is 10.0. The van der Waals surface area contributed by atoms with Gasteiger partial charge in [0.15, 0.2) is 0 Å². The molecule has 7 nitrogen and oxygen atoms in total. The van der Waals surface area contributed by atoms with Crippen LogP contribution in [0.2, 0.25) is 0 Å². The maximum Gasteiger partial charge on any atom is 0.416 e. The number of nitrogens with one attached hydrogen (secondary N) is 2. The van der Waals surface area contributed by atoms with Gasteiger partial charge in [0, 0.05) is 43.7 Å². The van der Waals surface area contributed by atoms with Crippen molar-refractivity contribution in [1.29, 1.82) is 0 Å². The van der Waals surface area contributed by atoms with Gasteiger partial charge < -0.3 is 15.0 Å². The first-order valence-corrected chi connectivity index (χ1v) is 12.5. The third-order valence-electron chi connectivity index (χ3n) is 5.97. The molecule has 0 aliphatic carbocycles. The number of anilines is 1. The molecule has 1 aromatic heterocycles. The summed E-state index contributed by atoms with van der Waals surface area (Å²) in [7, 11) is -3.63. The number of piperidine rings is 2. The van der Waals surface area contributed by atoms with E-state index >= 15 is 0 Å². The molecule has 0 unspecified atom stereocenters. The Hall–Kier alpha value is -2.37. The molecule has 3 heterocycles. The van der Waals surface area contributed by atoms with Crippen LogP contribution in [-0.2, 0) is 16.2 Å². The van der Waals surface area contributed by atoms with Crippen molar-refractivity contribution in [3.63, 3.8) is 0 Å². The third kappa shape index (κ3) is 6.15. The predicted molar refractivity (Wildman–Crippen MR) is 118 cm³/mol. The molecule has 2 aliphatic heterocycles. The maximum atomic E-state index is 12.7. The van der Waals surface area contributed by atoms with Crippen molar-refractivity contribution in [1.82, 2.24) is 15.0 Å². The van der Waals surface area contributed by atoms with E-state index in [-0.39, 0.29) is 17.0 Å². The molecule has 4 rings (SSSR count). The molecular formula is C22H27F3N4O3S. The average Bonchev–Trinajstić information content (AvgIpc) is 2.80. The molecule has 2 fully saturated rings. The van der Waals surface area contributed by atoms with Gasteiger partial charge in [-0.05, 0) is 56.3 Å². The van der Waals surface area contributed by atoms with Crippen LogP contribution in [0.4, 0.5) is 18.9 Å². The minimum atomic E-state index is -4.34. The van der Waals surface area contributed by atoms with Gasteiger partial charge >= 0.3 is 6.18 Å². The van der Waals surface area contributed by atoms with Gasteiger partial charge in [0.1, 0.15) is 11.0 Å². The molecule has 0 radical (unpaired) electrons. The minimum absolute atomic E-state index is 0.0815. The number of sulfonamides is 1. The number of aromatic nitrogens is 1. The largest absolute Gasteiger partial charge is 0.474 e. The van der Waals surface area contributed by atoms with Crippen LogP contribution < -0.4 is 19.7 Å². The van der Waals surface area contributed by atoms with Crippen molar-refractivity contribution < 1.29 is 26.3 Å². The fourth-order valence-electron chi connectivity index (χ4n) is 4.09. The van der Waals surface area contributed by atoms with Gasteiger partial charge in [-0.2, -0.15) is 13.2 Å².